The van der Waals surface area contributed by atoms with Crippen LogP contribution in [0.5, 0.6) is 0 Å². The van der Waals surface area contributed by atoms with Crippen molar-refractivity contribution in [2.24, 2.45) is 5.92 Å². The molecule has 0 aliphatic heterocycles. The summed E-state index contributed by atoms with van der Waals surface area (Å²) < 4.78 is 31.6. The molecule has 0 aromatic carbocycles. The second-order valence-electron chi connectivity index (χ2n) is 4.49. The van der Waals surface area contributed by atoms with Crippen molar-refractivity contribution in [2.75, 3.05) is 6.61 Å². The standard InChI is InChI=1S/C11H19N3O4S/c1-5-18-11(15)9-6-12-13-10(9)19(16,17)14-8(4)7(2)3/h6-8,14H,5H2,1-4H3,(H,12,13). The number of ether oxygens (including phenoxy) is 1. The number of aromatic nitrogens is 2. The lowest BCUT2D eigenvalue weighted by atomic mass is 10.1. The van der Waals surface area contributed by atoms with Crippen LogP contribution in [-0.2, 0) is 14.8 Å². The largest absolute Gasteiger partial charge is 0.462 e. The van der Waals surface area contributed by atoms with Crippen molar-refractivity contribution in [2.45, 2.75) is 38.8 Å². The molecule has 19 heavy (non-hydrogen) atoms. The van der Waals surface area contributed by atoms with E-state index in [4.69, 9.17) is 4.74 Å². The lowest BCUT2D eigenvalue weighted by Gasteiger charge is -2.17. The van der Waals surface area contributed by atoms with Gasteiger partial charge in [0.2, 0.25) is 0 Å². The Hall–Kier alpha value is -1.41. The molecule has 1 atom stereocenters. The molecule has 1 unspecified atom stereocenters. The maximum Gasteiger partial charge on any atom is 0.342 e. The SMILES string of the molecule is CCOC(=O)c1cn[nH]c1S(=O)(=O)NC(C)C(C)C. The van der Waals surface area contributed by atoms with Gasteiger partial charge in [0.15, 0.2) is 5.03 Å². The van der Waals surface area contributed by atoms with E-state index in [0.717, 1.165) is 6.20 Å². The molecule has 0 aliphatic carbocycles. The fourth-order valence-corrected chi connectivity index (χ4v) is 2.75. The van der Waals surface area contributed by atoms with E-state index < -0.39 is 16.0 Å². The van der Waals surface area contributed by atoms with Gasteiger partial charge in [0.25, 0.3) is 10.0 Å². The number of carbonyl (C=O) groups excluding carboxylic acids is 1. The van der Waals surface area contributed by atoms with Crippen LogP contribution in [0, 0.1) is 5.92 Å². The first-order valence-corrected chi connectivity index (χ1v) is 7.50. The number of sulfonamides is 1. The quantitative estimate of drug-likeness (QED) is 0.758. The molecule has 0 amide bonds. The van der Waals surface area contributed by atoms with Gasteiger partial charge in [-0.2, -0.15) is 5.10 Å². The molecule has 0 bridgehead atoms. The average Bonchev–Trinajstić information content (AvgIpc) is 2.78. The molecular weight excluding hydrogens is 270 g/mol. The summed E-state index contributed by atoms with van der Waals surface area (Å²) >= 11 is 0. The Kier molecular flexibility index (Phi) is 5.07. The molecule has 0 saturated heterocycles. The first-order valence-electron chi connectivity index (χ1n) is 6.02. The monoisotopic (exact) mass is 289 g/mol. The third-order valence-electron chi connectivity index (χ3n) is 2.71. The number of esters is 1. The van der Waals surface area contributed by atoms with Crippen LogP contribution in [0.2, 0.25) is 0 Å². The summed E-state index contributed by atoms with van der Waals surface area (Å²) in [6.45, 7) is 7.35. The van der Waals surface area contributed by atoms with E-state index in [1.165, 1.54) is 0 Å². The number of carbonyl (C=O) groups is 1. The Morgan fingerprint density at radius 1 is 1.47 bits per heavy atom. The second-order valence-corrected chi connectivity index (χ2v) is 6.14. The fourth-order valence-electron chi connectivity index (χ4n) is 1.27. The van der Waals surface area contributed by atoms with Gasteiger partial charge in [0, 0.05) is 6.04 Å². The van der Waals surface area contributed by atoms with Crippen LogP contribution in [0.4, 0.5) is 0 Å². The zero-order chi connectivity index (χ0) is 14.6. The number of aromatic amines is 1. The summed E-state index contributed by atoms with van der Waals surface area (Å²) in [4.78, 5) is 11.6. The minimum absolute atomic E-state index is 0.0923. The van der Waals surface area contributed by atoms with Gasteiger partial charge in [-0.3, -0.25) is 5.10 Å². The van der Waals surface area contributed by atoms with Crippen LogP contribution < -0.4 is 4.72 Å². The van der Waals surface area contributed by atoms with Gasteiger partial charge in [-0.05, 0) is 19.8 Å². The number of nitrogens with one attached hydrogen (secondary N) is 2. The highest BCUT2D eigenvalue weighted by atomic mass is 32.2. The lowest BCUT2D eigenvalue weighted by molar-refractivity contribution is 0.0522. The maximum atomic E-state index is 12.1. The minimum atomic E-state index is -3.82. The van der Waals surface area contributed by atoms with Gasteiger partial charge in [-0.1, -0.05) is 13.8 Å². The summed E-state index contributed by atoms with van der Waals surface area (Å²) in [6, 6.07) is -0.261. The molecular formula is C11H19N3O4S. The van der Waals surface area contributed by atoms with Crippen molar-refractivity contribution < 1.29 is 17.9 Å². The first-order chi connectivity index (χ1) is 8.79. The van der Waals surface area contributed by atoms with Crippen LogP contribution in [0.3, 0.4) is 0 Å². The minimum Gasteiger partial charge on any atom is -0.462 e. The van der Waals surface area contributed by atoms with Crippen LogP contribution >= 0.6 is 0 Å². The van der Waals surface area contributed by atoms with E-state index in [-0.39, 0.29) is 29.2 Å². The van der Waals surface area contributed by atoms with E-state index in [0.29, 0.717) is 0 Å². The summed E-state index contributed by atoms with van der Waals surface area (Å²) in [5.41, 5.74) is -0.0923. The van der Waals surface area contributed by atoms with Crippen molar-refractivity contribution in [1.82, 2.24) is 14.9 Å². The number of hydrogen-bond acceptors (Lipinski definition) is 5. The molecule has 1 aromatic heterocycles. The fraction of sp³-hybridized carbons (Fsp3) is 0.636. The van der Waals surface area contributed by atoms with Gasteiger partial charge in [-0.15, -0.1) is 0 Å². The predicted molar refractivity (Wildman–Crippen MR) is 69.2 cm³/mol. The third-order valence-corrected chi connectivity index (χ3v) is 4.24. The number of H-pyrrole nitrogens is 1. The lowest BCUT2D eigenvalue weighted by Crippen LogP contribution is -2.36. The number of hydrogen-bond donors (Lipinski definition) is 2. The third kappa shape index (κ3) is 3.77. The molecule has 0 saturated carbocycles. The molecule has 1 rings (SSSR count). The van der Waals surface area contributed by atoms with Gasteiger partial charge < -0.3 is 4.74 Å². The van der Waals surface area contributed by atoms with Crippen molar-refractivity contribution in [3.63, 3.8) is 0 Å². The van der Waals surface area contributed by atoms with Gasteiger partial charge >= 0.3 is 5.97 Å². The number of rotatable bonds is 6. The molecule has 2 N–H and O–H groups in total. The Balaban J connectivity index is 3.03. The molecule has 7 nitrogen and oxygen atoms in total. The van der Waals surface area contributed by atoms with Crippen molar-refractivity contribution in [3.05, 3.63) is 11.8 Å². The molecule has 0 aliphatic rings. The smallest absolute Gasteiger partial charge is 0.342 e. The van der Waals surface area contributed by atoms with Crippen LogP contribution in [0.1, 0.15) is 38.1 Å². The molecule has 108 valence electrons. The highest BCUT2D eigenvalue weighted by Crippen LogP contribution is 2.14. The number of nitrogens with zero attached hydrogens (tertiary/aromatic N) is 1. The highest BCUT2D eigenvalue weighted by molar-refractivity contribution is 7.89. The molecule has 8 heteroatoms. The molecule has 0 fully saturated rings. The second kappa shape index (κ2) is 6.16. The summed E-state index contributed by atoms with van der Waals surface area (Å²) in [5, 5.41) is 5.66. The summed E-state index contributed by atoms with van der Waals surface area (Å²) in [7, 11) is -3.82. The van der Waals surface area contributed by atoms with E-state index >= 15 is 0 Å². The Bertz CT molecular complexity index is 536. The van der Waals surface area contributed by atoms with E-state index in [9.17, 15) is 13.2 Å². The van der Waals surface area contributed by atoms with Crippen molar-refractivity contribution in [3.8, 4) is 0 Å². The normalized spacial score (nSPS) is 13.5. The maximum absolute atomic E-state index is 12.1. The predicted octanol–water partition coefficient (Wildman–Crippen LogP) is 0.909. The van der Waals surface area contributed by atoms with Crippen molar-refractivity contribution >= 4 is 16.0 Å². The van der Waals surface area contributed by atoms with Crippen LogP contribution in [-0.4, -0.2) is 37.2 Å². The molecule has 1 aromatic rings. The van der Waals surface area contributed by atoms with Crippen LogP contribution in [0.15, 0.2) is 11.2 Å². The highest BCUT2D eigenvalue weighted by Gasteiger charge is 2.27. The van der Waals surface area contributed by atoms with Crippen LogP contribution in [0.25, 0.3) is 0 Å². The van der Waals surface area contributed by atoms with E-state index in [1.807, 2.05) is 13.8 Å². The van der Waals surface area contributed by atoms with E-state index in [1.54, 1.807) is 13.8 Å². The van der Waals surface area contributed by atoms with E-state index in [2.05, 4.69) is 14.9 Å². The summed E-state index contributed by atoms with van der Waals surface area (Å²) in [6.07, 6.45) is 1.15. The van der Waals surface area contributed by atoms with Crippen molar-refractivity contribution in [1.29, 1.82) is 0 Å². The Morgan fingerprint density at radius 2 is 2.11 bits per heavy atom. The zero-order valence-corrected chi connectivity index (χ0v) is 12.2. The zero-order valence-electron chi connectivity index (χ0n) is 11.4. The average molecular weight is 289 g/mol. The molecule has 0 radical (unpaired) electrons. The Morgan fingerprint density at radius 3 is 2.63 bits per heavy atom. The van der Waals surface area contributed by atoms with Gasteiger partial charge in [0.05, 0.1) is 12.8 Å². The first kappa shape index (κ1) is 15.6. The Labute approximate surface area is 112 Å². The molecule has 1 heterocycles. The summed E-state index contributed by atoms with van der Waals surface area (Å²) in [5.74, 6) is -0.586. The van der Waals surface area contributed by atoms with Gasteiger partial charge in [-0.25, -0.2) is 17.9 Å². The topological polar surface area (TPSA) is 101 Å². The van der Waals surface area contributed by atoms with Gasteiger partial charge in [0.1, 0.15) is 5.56 Å². The molecule has 0 spiro atoms.